The van der Waals surface area contributed by atoms with E-state index < -0.39 is 11.2 Å². The molecule has 8 heteroatoms. The summed E-state index contributed by atoms with van der Waals surface area (Å²) in [6.45, 7) is 7.12. The van der Waals surface area contributed by atoms with Crippen LogP contribution < -0.4 is 22.1 Å². The third kappa shape index (κ3) is 4.22. The van der Waals surface area contributed by atoms with Gasteiger partial charge in [0.05, 0.1) is 11.2 Å². The first-order valence-electron chi connectivity index (χ1n) is 12.4. The Balaban J connectivity index is 1.90. The van der Waals surface area contributed by atoms with Crippen LogP contribution in [0.2, 0.25) is 0 Å². The SMILES string of the molecule is CC(=O)Cc1cccc(-n2c(=O)n(C3CC3)c(=O)c3c(Nc4ccc(C)cc4C)n(C)c(=O)c(C)c32)c1. The van der Waals surface area contributed by atoms with Crippen molar-refractivity contribution < 1.29 is 4.79 Å². The molecule has 2 aromatic heterocycles. The fourth-order valence-electron chi connectivity index (χ4n) is 5.03. The van der Waals surface area contributed by atoms with Gasteiger partial charge in [-0.05, 0) is 69.9 Å². The van der Waals surface area contributed by atoms with E-state index in [1.165, 1.54) is 20.6 Å². The number of rotatable bonds is 6. The number of pyridine rings is 1. The van der Waals surface area contributed by atoms with Crippen molar-refractivity contribution in [3.05, 3.63) is 95.9 Å². The Labute approximate surface area is 213 Å². The lowest BCUT2D eigenvalue weighted by atomic mass is 10.1. The van der Waals surface area contributed by atoms with Gasteiger partial charge in [0.1, 0.15) is 17.0 Å². The molecule has 190 valence electrons. The van der Waals surface area contributed by atoms with Crippen molar-refractivity contribution in [3.63, 3.8) is 0 Å². The number of Topliss-reactive ketones (excluding diaryl/α,β-unsaturated/α-hetero) is 1. The van der Waals surface area contributed by atoms with Crippen molar-refractivity contribution in [2.24, 2.45) is 7.05 Å². The van der Waals surface area contributed by atoms with Crippen molar-refractivity contribution in [3.8, 4) is 5.69 Å². The van der Waals surface area contributed by atoms with Gasteiger partial charge < -0.3 is 5.32 Å². The van der Waals surface area contributed by atoms with E-state index in [1.807, 2.05) is 38.1 Å². The van der Waals surface area contributed by atoms with E-state index in [0.717, 1.165) is 35.2 Å². The fraction of sp³-hybridized carbons (Fsp3) is 0.310. The first kappa shape index (κ1) is 24.5. The maximum Gasteiger partial charge on any atom is 0.336 e. The van der Waals surface area contributed by atoms with E-state index in [0.29, 0.717) is 17.1 Å². The zero-order chi connectivity index (χ0) is 26.6. The number of benzene rings is 2. The summed E-state index contributed by atoms with van der Waals surface area (Å²) in [7, 11) is 1.63. The van der Waals surface area contributed by atoms with E-state index >= 15 is 0 Å². The molecule has 2 heterocycles. The molecule has 0 spiro atoms. The number of carbonyl (C=O) groups is 1. The molecule has 0 bridgehead atoms. The van der Waals surface area contributed by atoms with Crippen molar-refractivity contribution >= 4 is 28.2 Å². The second kappa shape index (κ2) is 9.03. The van der Waals surface area contributed by atoms with Crippen LogP contribution >= 0.6 is 0 Å². The number of aromatic nitrogens is 3. The van der Waals surface area contributed by atoms with Crippen LogP contribution in [0.3, 0.4) is 0 Å². The average Bonchev–Trinajstić information content (AvgIpc) is 3.67. The lowest BCUT2D eigenvalue weighted by molar-refractivity contribution is -0.116. The predicted molar refractivity (Wildman–Crippen MR) is 146 cm³/mol. The van der Waals surface area contributed by atoms with Crippen LogP contribution in [0.5, 0.6) is 0 Å². The first-order chi connectivity index (χ1) is 17.6. The van der Waals surface area contributed by atoms with Crippen LogP contribution in [0.4, 0.5) is 11.5 Å². The lowest BCUT2D eigenvalue weighted by Gasteiger charge is -2.21. The van der Waals surface area contributed by atoms with Crippen LogP contribution in [0.25, 0.3) is 16.6 Å². The molecule has 4 aromatic rings. The third-order valence-electron chi connectivity index (χ3n) is 7.01. The topological polar surface area (TPSA) is 95.1 Å². The number of ketones is 1. The van der Waals surface area contributed by atoms with Gasteiger partial charge in [0.2, 0.25) is 0 Å². The number of carbonyl (C=O) groups excluding carboxylic acids is 1. The molecule has 8 nitrogen and oxygen atoms in total. The number of aryl methyl sites for hydroxylation is 3. The second-order valence-corrected chi connectivity index (χ2v) is 10.1. The quantitative estimate of drug-likeness (QED) is 0.434. The molecule has 1 saturated carbocycles. The van der Waals surface area contributed by atoms with Crippen LogP contribution in [0.15, 0.2) is 56.8 Å². The standard InChI is InChI=1S/C29H30N4O4/c1-16-9-12-23(17(2)13-16)30-26-24-25(19(4)27(35)31(26)5)32(29(37)33(28(24)36)21-10-11-21)22-8-6-7-20(15-22)14-18(3)34/h6-9,12-13,15,21,30H,10-11,14H2,1-5H3. The van der Waals surface area contributed by atoms with Crippen molar-refractivity contribution in [2.75, 3.05) is 5.32 Å². The highest BCUT2D eigenvalue weighted by Gasteiger charge is 2.31. The summed E-state index contributed by atoms with van der Waals surface area (Å²) < 4.78 is 4.22. The maximum absolute atomic E-state index is 13.9. The van der Waals surface area contributed by atoms with Gasteiger partial charge in [0.25, 0.3) is 11.1 Å². The molecule has 0 aliphatic heterocycles. The number of hydrogen-bond donors (Lipinski definition) is 1. The number of anilines is 2. The molecule has 2 aromatic carbocycles. The molecule has 0 saturated heterocycles. The summed E-state index contributed by atoms with van der Waals surface area (Å²) in [5.74, 6) is 0.341. The summed E-state index contributed by atoms with van der Waals surface area (Å²) in [5, 5.41) is 3.61. The second-order valence-electron chi connectivity index (χ2n) is 10.1. The van der Waals surface area contributed by atoms with Crippen molar-refractivity contribution in [1.29, 1.82) is 0 Å². The fourth-order valence-corrected chi connectivity index (χ4v) is 5.03. The summed E-state index contributed by atoms with van der Waals surface area (Å²) in [4.78, 5) is 53.0. The molecule has 1 N–H and O–H groups in total. The molecule has 0 atom stereocenters. The van der Waals surface area contributed by atoms with Gasteiger partial charge in [0, 0.05) is 30.8 Å². The molecule has 0 radical (unpaired) electrons. The largest absolute Gasteiger partial charge is 0.341 e. The number of hydrogen-bond acceptors (Lipinski definition) is 5. The highest BCUT2D eigenvalue weighted by molar-refractivity contribution is 5.94. The Morgan fingerprint density at radius 1 is 1.00 bits per heavy atom. The monoisotopic (exact) mass is 498 g/mol. The smallest absolute Gasteiger partial charge is 0.336 e. The van der Waals surface area contributed by atoms with Gasteiger partial charge in [-0.15, -0.1) is 0 Å². The molecule has 1 aliphatic carbocycles. The zero-order valence-electron chi connectivity index (χ0n) is 21.7. The van der Waals surface area contributed by atoms with Gasteiger partial charge in [-0.3, -0.25) is 28.1 Å². The normalized spacial score (nSPS) is 13.2. The Morgan fingerprint density at radius 3 is 2.38 bits per heavy atom. The molecule has 0 amide bonds. The van der Waals surface area contributed by atoms with Crippen molar-refractivity contribution in [1.82, 2.24) is 13.7 Å². The Bertz CT molecular complexity index is 1770. The molecule has 1 fully saturated rings. The van der Waals surface area contributed by atoms with E-state index in [1.54, 1.807) is 32.2 Å². The minimum Gasteiger partial charge on any atom is -0.341 e. The molecule has 37 heavy (non-hydrogen) atoms. The van der Waals surface area contributed by atoms with E-state index in [2.05, 4.69) is 5.32 Å². The van der Waals surface area contributed by atoms with E-state index in [-0.39, 0.29) is 34.7 Å². The van der Waals surface area contributed by atoms with Gasteiger partial charge >= 0.3 is 5.69 Å². The molecular weight excluding hydrogens is 468 g/mol. The van der Waals surface area contributed by atoms with Gasteiger partial charge in [-0.25, -0.2) is 4.79 Å². The van der Waals surface area contributed by atoms with Crippen LogP contribution in [0.1, 0.15) is 48.1 Å². The molecule has 1 aliphatic rings. The lowest BCUT2D eigenvalue weighted by Crippen LogP contribution is -2.41. The molecular formula is C29H30N4O4. The Kier molecular flexibility index (Phi) is 5.98. The minimum absolute atomic E-state index is 0.00214. The van der Waals surface area contributed by atoms with E-state index in [4.69, 9.17) is 0 Å². The van der Waals surface area contributed by atoms with Crippen LogP contribution in [-0.4, -0.2) is 19.5 Å². The van der Waals surface area contributed by atoms with Gasteiger partial charge in [-0.1, -0.05) is 29.8 Å². The van der Waals surface area contributed by atoms with Crippen LogP contribution in [-0.2, 0) is 18.3 Å². The Hall–Kier alpha value is -4.20. The zero-order valence-corrected chi connectivity index (χ0v) is 21.7. The Morgan fingerprint density at radius 2 is 1.73 bits per heavy atom. The molecule has 5 rings (SSSR count). The highest BCUT2D eigenvalue weighted by atomic mass is 16.2. The number of nitrogens with zero attached hydrogens (tertiary/aromatic N) is 3. The minimum atomic E-state index is -0.478. The van der Waals surface area contributed by atoms with E-state index in [9.17, 15) is 19.2 Å². The number of fused-ring (bicyclic) bond motifs is 1. The summed E-state index contributed by atoms with van der Waals surface area (Å²) in [5.41, 5.74) is 3.48. The van der Waals surface area contributed by atoms with Gasteiger partial charge in [-0.2, -0.15) is 0 Å². The van der Waals surface area contributed by atoms with Crippen LogP contribution in [0, 0.1) is 20.8 Å². The predicted octanol–water partition coefficient (Wildman–Crippen LogP) is 3.99. The highest BCUT2D eigenvalue weighted by Crippen LogP contribution is 2.34. The van der Waals surface area contributed by atoms with Gasteiger partial charge in [0.15, 0.2) is 0 Å². The van der Waals surface area contributed by atoms with Crippen molar-refractivity contribution in [2.45, 2.75) is 53.0 Å². The number of nitrogens with one attached hydrogen (secondary N) is 1. The summed E-state index contributed by atoms with van der Waals surface area (Å²) >= 11 is 0. The third-order valence-corrected chi connectivity index (χ3v) is 7.01. The summed E-state index contributed by atoms with van der Waals surface area (Å²) in [6, 6.07) is 12.9. The maximum atomic E-state index is 13.9. The average molecular weight is 499 g/mol. The molecule has 0 unspecified atom stereocenters. The first-order valence-corrected chi connectivity index (χ1v) is 12.4. The summed E-state index contributed by atoms with van der Waals surface area (Å²) in [6.07, 6.45) is 1.72.